The highest BCUT2D eigenvalue weighted by atomic mass is 16.5. The van der Waals surface area contributed by atoms with Gasteiger partial charge in [0.15, 0.2) is 0 Å². The number of allylic oxidation sites excluding steroid dienone is 3. The average molecular weight is 246 g/mol. The summed E-state index contributed by atoms with van der Waals surface area (Å²) in [6.45, 7) is 3.86. The lowest BCUT2D eigenvalue weighted by atomic mass is 9.70. The van der Waals surface area contributed by atoms with Crippen molar-refractivity contribution in [1.82, 2.24) is 0 Å². The van der Waals surface area contributed by atoms with Crippen LogP contribution in [0.4, 0.5) is 0 Å². The Balaban J connectivity index is 1.48. The summed E-state index contributed by atoms with van der Waals surface area (Å²) in [5.74, 6) is 3.23. The van der Waals surface area contributed by atoms with Gasteiger partial charge in [-0.15, -0.1) is 0 Å². The third kappa shape index (κ3) is 1.86. The van der Waals surface area contributed by atoms with Gasteiger partial charge in [-0.25, -0.2) is 0 Å². The van der Waals surface area contributed by atoms with Crippen molar-refractivity contribution in [1.29, 1.82) is 0 Å². The van der Waals surface area contributed by atoms with Gasteiger partial charge in [-0.05, 0) is 49.0 Å². The van der Waals surface area contributed by atoms with Gasteiger partial charge in [0, 0.05) is 19.1 Å². The van der Waals surface area contributed by atoms with E-state index in [1.54, 1.807) is 5.57 Å². The molecule has 2 aliphatic carbocycles. The molecule has 0 N–H and O–H groups in total. The third-order valence-corrected chi connectivity index (χ3v) is 5.43. The number of rotatable bonds is 1. The number of hydrogen-bond acceptors (Lipinski definition) is 2. The fourth-order valence-electron chi connectivity index (χ4n) is 4.25. The zero-order chi connectivity index (χ0) is 11.9. The second kappa shape index (κ2) is 4.50. The molecule has 4 unspecified atom stereocenters. The van der Waals surface area contributed by atoms with E-state index < -0.39 is 0 Å². The van der Waals surface area contributed by atoms with E-state index in [-0.39, 0.29) is 0 Å². The first-order valence-corrected chi connectivity index (χ1v) is 7.45. The monoisotopic (exact) mass is 246 g/mol. The van der Waals surface area contributed by atoms with Gasteiger partial charge in [-0.3, -0.25) is 0 Å². The van der Waals surface area contributed by atoms with Crippen molar-refractivity contribution in [2.75, 3.05) is 26.4 Å². The van der Waals surface area contributed by atoms with Crippen LogP contribution in [0.15, 0.2) is 23.3 Å². The molecule has 4 aliphatic rings. The van der Waals surface area contributed by atoms with Crippen molar-refractivity contribution in [3.63, 3.8) is 0 Å². The smallest absolute Gasteiger partial charge is 0.0683 e. The van der Waals surface area contributed by atoms with Crippen LogP contribution in [0.2, 0.25) is 0 Å². The number of ether oxygens (including phenoxy) is 2. The van der Waals surface area contributed by atoms with Crippen LogP contribution >= 0.6 is 0 Å². The molecule has 0 aromatic carbocycles. The molecule has 2 heteroatoms. The Bertz CT molecular complexity index is 396. The summed E-state index contributed by atoms with van der Waals surface area (Å²) >= 11 is 0. The minimum atomic E-state index is 0.697. The summed E-state index contributed by atoms with van der Waals surface area (Å²) in [5.41, 5.74) is 3.22. The van der Waals surface area contributed by atoms with Crippen molar-refractivity contribution in [2.45, 2.75) is 25.7 Å². The minimum Gasteiger partial charge on any atom is -0.381 e. The van der Waals surface area contributed by atoms with Crippen LogP contribution in [0.3, 0.4) is 0 Å². The van der Waals surface area contributed by atoms with E-state index in [0.717, 1.165) is 44.2 Å². The first-order chi connectivity index (χ1) is 8.90. The van der Waals surface area contributed by atoms with E-state index in [1.165, 1.54) is 31.3 Å². The van der Waals surface area contributed by atoms with Crippen molar-refractivity contribution in [2.24, 2.45) is 23.7 Å². The second-order valence-electron chi connectivity index (χ2n) is 6.47. The van der Waals surface area contributed by atoms with Gasteiger partial charge in [0.05, 0.1) is 13.2 Å². The van der Waals surface area contributed by atoms with Gasteiger partial charge in [0.25, 0.3) is 0 Å². The summed E-state index contributed by atoms with van der Waals surface area (Å²) in [6, 6.07) is 0. The highest BCUT2D eigenvalue weighted by Gasteiger charge is 2.37. The van der Waals surface area contributed by atoms with Crippen molar-refractivity contribution in [3.05, 3.63) is 23.3 Å². The van der Waals surface area contributed by atoms with Gasteiger partial charge in [-0.2, -0.15) is 0 Å². The summed E-state index contributed by atoms with van der Waals surface area (Å²) in [5, 5.41) is 0. The summed E-state index contributed by atoms with van der Waals surface area (Å²) in [7, 11) is 0. The van der Waals surface area contributed by atoms with Gasteiger partial charge in [0.2, 0.25) is 0 Å². The van der Waals surface area contributed by atoms with E-state index in [0.29, 0.717) is 5.92 Å². The molecule has 4 atom stereocenters. The van der Waals surface area contributed by atoms with Gasteiger partial charge < -0.3 is 9.47 Å². The van der Waals surface area contributed by atoms with Crippen LogP contribution in [0.25, 0.3) is 0 Å². The predicted molar refractivity (Wildman–Crippen MR) is 70.2 cm³/mol. The van der Waals surface area contributed by atoms with E-state index in [9.17, 15) is 0 Å². The Hall–Kier alpha value is -0.600. The quantitative estimate of drug-likeness (QED) is 0.708. The highest BCUT2D eigenvalue weighted by Crippen LogP contribution is 2.44. The fourth-order valence-corrected chi connectivity index (χ4v) is 4.25. The van der Waals surface area contributed by atoms with E-state index in [2.05, 4.69) is 12.2 Å². The van der Waals surface area contributed by atoms with Crippen LogP contribution in [-0.4, -0.2) is 26.4 Å². The van der Waals surface area contributed by atoms with Crippen molar-refractivity contribution < 1.29 is 9.47 Å². The second-order valence-corrected chi connectivity index (χ2v) is 6.47. The molecule has 2 saturated heterocycles. The summed E-state index contributed by atoms with van der Waals surface area (Å²) in [4.78, 5) is 0. The van der Waals surface area contributed by atoms with Crippen LogP contribution in [0.5, 0.6) is 0 Å². The molecule has 0 spiro atoms. The molecular weight excluding hydrogens is 224 g/mol. The molecule has 0 radical (unpaired) electrons. The zero-order valence-electron chi connectivity index (χ0n) is 10.9. The van der Waals surface area contributed by atoms with Crippen molar-refractivity contribution >= 4 is 0 Å². The molecule has 2 heterocycles. The Morgan fingerprint density at radius 3 is 2.72 bits per heavy atom. The maximum absolute atomic E-state index is 5.65. The van der Waals surface area contributed by atoms with Crippen molar-refractivity contribution in [3.8, 4) is 0 Å². The zero-order valence-corrected chi connectivity index (χ0v) is 10.9. The lowest BCUT2D eigenvalue weighted by Crippen LogP contribution is -2.26. The molecule has 2 nitrogen and oxygen atoms in total. The van der Waals surface area contributed by atoms with E-state index in [4.69, 9.17) is 9.47 Å². The van der Waals surface area contributed by atoms with E-state index in [1.807, 2.05) is 0 Å². The highest BCUT2D eigenvalue weighted by molar-refractivity contribution is 5.30. The Morgan fingerprint density at radius 2 is 1.72 bits per heavy atom. The number of fused-ring (bicyclic) bond motifs is 2. The Labute approximate surface area is 109 Å². The summed E-state index contributed by atoms with van der Waals surface area (Å²) < 4.78 is 11.2. The predicted octanol–water partition coefficient (Wildman–Crippen LogP) is 2.95. The topological polar surface area (TPSA) is 18.5 Å². The van der Waals surface area contributed by atoms with Gasteiger partial charge >= 0.3 is 0 Å². The lowest BCUT2D eigenvalue weighted by Gasteiger charge is -2.33. The van der Waals surface area contributed by atoms with E-state index >= 15 is 0 Å². The van der Waals surface area contributed by atoms with Gasteiger partial charge in [-0.1, -0.05) is 17.7 Å². The SMILES string of the molecule is C1=C2COCC2CC(C2CCC3COCC3C2)=C1. The fraction of sp³-hybridized carbons (Fsp3) is 0.750. The molecule has 0 bridgehead atoms. The number of hydrogen-bond donors (Lipinski definition) is 0. The molecule has 18 heavy (non-hydrogen) atoms. The van der Waals surface area contributed by atoms with Crippen LogP contribution < -0.4 is 0 Å². The van der Waals surface area contributed by atoms with Crippen LogP contribution in [0, 0.1) is 23.7 Å². The molecule has 4 rings (SSSR count). The summed E-state index contributed by atoms with van der Waals surface area (Å²) in [6.07, 6.45) is 10.1. The first-order valence-electron chi connectivity index (χ1n) is 7.45. The standard InChI is InChI=1S/C16H22O2/c1-3-13-7-17-9-15(13)5-11(1)12-2-4-14-8-18-10-16(14)6-12/h1,3,12,14-16H,2,4-10H2. The largest absolute Gasteiger partial charge is 0.381 e. The molecule has 1 saturated carbocycles. The first kappa shape index (κ1) is 11.2. The molecule has 3 fully saturated rings. The lowest BCUT2D eigenvalue weighted by molar-refractivity contribution is 0.180. The average Bonchev–Trinajstić information content (AvgIpc) is 3.05. The van der Waals surface area contributed by atoms with Gasteiger partial charge in [0.1, 0.15) is 0 Å². The Morgan fingerprint density at radius 1 is 0.833 bits per heavy atom. The maximum Gasteiger partial charge on any atom is 0.0683 e. The van der Waals surface area contributed by atoms with Crippen LogP contribution in [-0.2, 0) is 9.47 Å². The molecule has 98 valence electrons. The molecule has 0 amide bonds. The Kier molecular flexibility index (Phi) is 2.81. The normalized spacial score (nSPS) is 43.1. The minimum absolute atomic E-state index is 0.697. The molecule has 0 aromatic rings. The van der Waals surface area contributed by atoms with Crippen LogP contribution in [0.1, 0.15) is 25.7 Å². The maximum atomic E-state index is 5.65. The third-order valence-electron chi connectivity index (χ3n) is 5.43. The molecule has 0 aromatic heterocycles. The molecular formula is C16H22O2. The molecule has 2 aliphatic heterocycles.